The Bertz CT molecular complexity index is 1530. The van der Waals surface area contributed by atoms with Gasteiger partial charge in [0.15, 0.2) is 19.6 Å². The van der Waals surface area contributed by atoms with Crippen LogP contribution in [0, 0.1) is 7.91 Å². The summed E-state index contributed by atoms with van der Waals surface area (Å²) in [5.41, 5.74) is 0.841. The number of rotatable bonds is 6. The van der Waals surface area contributed by atoms with Crippen molar-refractivity contribution in [3.8, 4) is 11.5 Å². The van der Waals surface area contributed by atoms with E-state index in [0.717, 1.165) is 11.3 Å². The summed E-state index contributed by atoms with van der Waals surface area (Å²) >= 11 is 13.1. The molecule has 0 atom stereocenters. The van der Waals surface area contributed by atoms with Crippen molar-refractivity contribution in [3.63, 3.8) is 0 Å². The van der Waals surface area contributed by atoms with Gasteiger partial charge in [0.25, 0.3) is 0 Å². The molecule has 0 aliphatic rings. The third-order valence-corrected chi connectivity index (χ3v) is 6.79. The van der Waals surface area contributed by atoms with Crippen LogP contribution < -0.4 is 9.47 Å². The van der Waals surface area contributed by atoms with Crippen LogP contribution in [0.25, 0.3) is 9.92 Å². The third kappa shape index (κ3) is 4.05. The number of ether oxygens (including phenoxy) is 2. The van der Waals surface area contributed by atoms with Crippen molar-refractivity contribution in [2.75, 3.05) is 0 Å². The molecule has 14 heteroatoms. The lowest BCUT2D eigenvalue weighted by Crippen LogP contribution is -2.14. The number of benzene rings is 1. The van der Waals surface area contributed by atoms with E-state index in [9.17, 15) is 0 Å². The predicted molar refractivity (Wildman–Crippen MR) is 126 cm³/mol. The van der Waals surface area contributed by atoms with Gasteiger partial charge in [-0.3, -0.25) is 10.2 Å². The van der Waals surface area contributed by atoms with Gasteiger partial charge in [-0.1, -0.05) is 43.4 Å². The van der Waals surface area contributed by atoms with Gasteiger partial charge in [-0.2, -0.15) is 0 Å². The van der Waals surface area contributed by atoms with E-state index in [1.165, 1.54) is 22.7 Å². The second kappa shape index (κ2) is 8.03. The first kappa shape index (κ1) is 21.2. The van der Waals surface area contributed by atoms with Crippen molar-refractivity contribution >= 4 is 57.0 Å². The Labute approximate surface area is 199 Å². The summed E-state index contributed by atoms with van der Waals surface area (Å²) in [4.78, 5) is 1.42. The van der Waals surface area contributed by atoms with Crippen LogP contribution in [0.4, 0.5) is 0 Å². The topological polar surface area (TPSA) is 110 Å². The van der Waals surface area contributed by atoms with Crippen molar-refractivity contribution in [1.82, 2.24) is 39.6 Å². The molecule has 0 fully saturated rings. The third-order valence-electron chi connectivity index (χ3n) is 4.66. The van der Waals surface area contributed by atoms with E-state index in [4.69, 9.17) is 33.9 Å². The fraction of sp³-hybridized carbons (Fsp3) is 0.333. The van der Waals surface area contributed by atoms with E-state index in [1.54, 1.807) is 9.03 Å². The summed E-state index contributed by atoms with van der Waals surface area (Å²) in [6.07, 6.45) is 0. The van der Waals surface area contributed by atoms with Crippen molar-refractivity contribution in [2.45, 2.75) is 39.4 Å². The number of fused-ring (bicyclic) bond motifs is 2. The first-order valence-corrected chi connectivity index (χ1v) is 12.0. The molecular formula is C18H18N8O2S4. The number of nitrogens with one attached hydrogen (secondary N) is 2. The van der Waals surface area contributed by atoms with Gasteiger partial charge in [-0.15, -0.1) is 20.4 Å². The second-order valence-electron chi connectivity index (χ2n) is 7.96. The molecule has 0 spiro atoms. The minimum Gasteiger partial charge on any atom is -0.486 e. The van der Waals surface area contributed by atoms with Crippen molar-refractivity contribution in [3.05, 3.63) is 43.3 Å². The standard InChI is InChI=1S/C18H18N8O2S4/c1-18(2,3)10-6-9(27-7-12-19-21-14-25(12)23-16(29)31-14)4-5-11(10)28-8-13-20-22-15-26(13)24-17(30)32-15/h4-6H,7-8H2,1-3H3,(H,23,29)(H,24,30). The van der Waals surface area contributed by atoms with E-state index in [0.29, 0.717) is 35.2 Å². The lowest BCUT2D eigenvalue weighted by Gasteiger charge is -2.23. The van der Waals surface area contributed by atoms with Crippen LogP contribution in [-0.2, 0) is 18.6 Å². The Balaban J connectivity index is 1.36. The van der Waals surface area contributed by atoms with E-state index in [1.807, 2.05) is 18.2 Å². The van der Waals surface area contributed by atoms with Crippen LogP contribution in [-0.4, -0.2) is 39.6 Å². The highest BCUT2D eigenvalue weighted by Crippen LogP contribution is 2.35. The van der Waals surface area contributed by atoms with Gasteiger partial charge in [0.05, 0.1) is 0 Å². The van der Waals surface area contributed by atoms with Gasteiger partial charge in [-0.05, 0) is 48.0 Å². The minimum absolute atomic E-state index is 0.169. The van der Waals surface area contributed by atoms with Crippen molar-refractivity contribution in [2.24, 2.45) is 0 Å². The molecule has 0 aliphatic carbocycles. The van der Waals surface area contributed by atoms with Crippen LogP contribution in [0.15, 0.2) is 18.2 Å². The molecule has 32 heavy (non-hydrogen) atoms. The molecule has 0 aliphatic heterocycles. The van der Waals surface area contributed by atoms with E-state index >= 15 is 0 Å². The minimum atomic E-state index is -0.169. The van der Waals surface area contributed by atoms with Gasteiger partial charge >= 0.3 is 0 Å². The molecule has 1 aromatic carbocycles. The average Bonchev–Trinajstić information content (AvgIpc) is 3.46. The molecule has 0 saturated carbocycles. The monoisotopic (exact) mass is 506 g/mol. The van der Waals surface area contributed by atoms with E-state index < -0.39 is 0 Å². The number of aromatic amines is 2. The molecule has 0 unspecified atom stereocenters. The SMILES string of the molecule is CC(C)(C)c1cc(OCc2nnc3sc(=S)[nH]n23)ccc1OCc1nnc2sc(=S)[nH]n12. The summed E-state index contributed by atoms with van der Waals surface area (Å²) in [5.74, 6) is 2.76. The summed E-state index contributed by atoms with van der Waals surface area (Å²) in [6.45, 7) is 6.87. The molecule has 166 valence electrons. The molecule has 0 saturated heterocycles. The lowest BCUT2D eigenvalue weighted by atomic mass is 9.86. The molecule has 4 aromatic heterocycles. The Morgan fingerprint density at radius 1 is 0.875 bits per heavy atom. The van der Waals surface area contributed by atoms with Crippen LogP contribution in [0.5, 0.6) is 11.5 Å². The maximum Gasteiger partial charge on any atom is 0.233 e. The Morgan fingerprint density at radius 3 is 2.00 bits per heavy atom. The maximum atomic E-state index is 6.12. The predicted octanol–water partition coefficient (Wildman–Crippen LogP) is 4.47. The molecule has 5 aromatic rings. The van der Waals surface area contributed by atoms with Crippen LogP contribution in [0.3, 0.4) is 0 Å². The summed E-state index contributed by atoms with van der Waals surface area (Å²) in [5, 5.41) is 22.6. The van der Waals surface area contributed by atoms with Crippen molar-refractivity contribution < 1.29 is 9.47 Å². The van der Waals surface area contributed by atoms with Gasteiger partial charge in [0.2, 0.25) is 9.92 Å². The Morgan fingerprint density at radius 2 is 1.44 bits per heavy atom. The second-order valence-corrected chi connectivity index (χ2v) is 11.2. The first-order valence-electron chi connectivity index (χ1n) is 9.54. The zero-order valence-corrected chi connectivity index (χ0v) is 20.5. The summed E-state index contributed by atoms with van der Waals surface area (Å²) in [6, 6.07) is 5.76. The molecule has 0 amide bonds. The van der Waals surface area contributed by atoms with Crippen LogP contribution >= 0.6 is 47.1 Å². The maximum absolute atomic E-state index is 6.12. The molecule has 2 N–H and O–H groups in total. The highest BCUT2D eigenvalue weighted by atomic mass is 32.2. The Kier molecular flexibility index (Phi) is 5.31. The number of aromatic nitrogens is 8. The number of H-pyrrole nitrogens is 2. The zero-order chi connectivity index (χ0) is 22.5. The highest BCUT2D eigenvalue weighted by Gasteiger charge is 2.21. The van der Waals surface area contributed by atoms with Gasteiger partial charge < -0.3 is 9.47 Å². The quantitative estimate of drug-likeness (QED) is 0.325. The largest absolute Gasteiger partial charge is 0.486 e. The number of nitrogens with zero attached hydrogens (tertiary/aromatic N) is 6. The lowest BCUT2D eigenvalue weighted by molar-refractivity contribution is 0.277. The summed E-state index contributed by atoms with van der Waals surface area (Å²) < 4.78 is 16.9. The highest BCUT2D eigenvalue weighted by molar-refractivity contribution is 7.73. The average molecular weight is 507 g/mol. The summed E-state index contributed by atoms with van der Waals surface area (Å²) in [7, 11) is 0. The van der Waals surface area contributed by atoms with Gasteiger partial charge in [0.1, 0.15) is 24.7 Å². The molecular weight excluding hydrogens is 489 g/mol. The zero-order valence-electron chi connectivity index (χ0n) is 17.3. The van der Waals surface area contributed by atoms with E-state index in [2.05, 4.69) is 51.4 Å². The van der Waals surface area contributed by atoms with Crippen LogP contribution in [0.2, 0.25) is 0 Å². The Hall–Kier alpha value is -2.68. The molecule has 0 bridgehead atoms. The number of hydrogen-bond acceptors (Lipinski definition) is 10. The number of hydrogen-bond donors (Lipinski definition) is 2. The van der Waals surface area contributed by atoms with Crippen molar-refractivity contribution in [1.29, 1.82) is 0 Å². The van der Waals surface area contributed by atoms with Crippen LogP contribution in [0.1, 0.15) is 38.0 Å². The fourth-order valence-electron chi connectivity index (χ4n) is 3.14. The molecule has 4 heterocycles. The van der Waals surface area contributed by atoms with E-state index in [-0.39, 0.29) is 18.6 Å². The molecule has 10 nitrogen and oxygen atoms in total. The fourth-order valence-corrected chi connectivity index (χ4v) is 5.02. The first-order chi connectivity index (χ1) is 15.3. The smallest absolute Gasteiger partial charge is 0.233 e. The van der Waals surface area contributed by atoms with Gasteiger partial charge in [-0.25, -0.2) is 9.03 Å². The molecule has 0 radical (unpaired) electrons. The van der Waals surface area contributed by atoms with Gasteiger partial charge in [0, 0.05) is 5.56 Å². The molecule has 5 rings (SSSR count). The normalized spacial score (nSPS) is 12.1.